The molecule has 0 radical (unpaired) electrons. The zero-order valence-electron chi connectivity index (χ0n) is 8.73. The van der Waals surface area contributed by atoms with Gasteiger partial charge in [-0.2, -0.15) is 0 Å². The van der Waals surface area contributed by atoms with Crippen LogP contribution in [-0.2, 0) is 17.8 Å². The summed E-state index contributed by atoms with van der Waals surface area (Å²) in [5.41, 5.74) is 6.30. The maximum absolute atomic E-state index is 10.4. The van der Waals surface area contributed by atoms with Crippen LogP contribution in [0.1, 0.15) is 18.3 Å². The molecule has 0 aliphatic heterocycles. The Hall–Kier alpha value is -1.76. The minimum Gasteiger partial charge on any atom is -0.476 e. The fourth-order valence-corrected chi connectivity index (χ4v) is 1.09. The van der Waals surface area contributed by atoms with Crippen LogP contribution in [0.5, 0.6) is 0 Å². The molecule has 0 fully saturated rings. The largest absolute Gasteiger partial charge is 0.476 e. The van der Waals surface area contributed by atoms with Crippen molar-refractivity contribution in [3.05, 3.63) is 17.6 Å². The molecule has 1 aromatic heterocycles. The van der Waals surface area contributed by atoms with E-state index in [0.717, 1.165) is 0 Å². The van der Waals surface area contributed by atoms with E-state index in [9.17, 15) is 4.79 Å². The van der Waals surface area contributed by atoms with Gasteiger partial charge in [0, 0.05) is 24.7 Å². The molecule has 7 heteroatoms. The zero-order chi connectivity index (χ0) is 12.1. The summed E-state index contributed by atoms with van der Waals surface area (Å²) in [7, 11) is 0. The third kappa shape index (κ3) is 3.13. The van der Waals surface area contributed by atoms with E-state index in [-0.39, 0.29) is 11.5 Å². The lowest BCUT2D eigenvalue weighted by Crippen LogP contribution is -2.28. The van der Waals surface area contributed by atoms with Crippen LogP contribution in [0, 0.1) is 0 Å². The summed E-state index contributed by atoms with van der Waals surface area (Å²) in [6, 6.07) is 0. The fraction of sp³-hybridized carbons (Fsp3) is 0.333. The van der Waals surface area contributed by atoms with Crippen LogP contribution in [0.4, 0.5) is 5.82 Å². The quantitative estimate of drug-likeness (QED) is 0.645. The van der Waals surface area contributed by atoms with Gasteiger partial charge in [-0.1, -0.05) is 19.1 Å². The van der Waals surface area contributed by atoms with Crippen molar-refractivity contribution in [2.75, 3.05) is 5.73 Å². The Morgan fingerprint density at radius 3 is 2.88 bits per heavy atom. The summed E-state index contributed by atoms with van der Waals surface area (Å²) >= 11 is 4.58. The van der Waals surface area contributed by atoms with Gasteiger partial charge in [0.05, 0.1) is 0 Å². The average Bonchev–Trinajstić information content (AvgIpc) is 2.26. The Morgan fingerprint density at radius 1 is 1.69 bits per heavy atom. The van der Waals surface area contributed by atoms with Crippen LogP contribution in [0.15, 0.2) is 6.20 Å². The van der Waals surface area contributed by atoms with Gasteiger partial charge >= 0.3 is 5.97 Å². The molecule has 0 amide bonds. The highest BCUT2D eigenvalue weighted by Gasteiger charge is 2.07. The first-order valence-electron chi connectivity index (χ1n) is 4.66. The Kier molecular flexibility index (Phi) is 4.12. The second kappa shape index (κ2) is 5.36. The van der Waals surface area contributed by atoms with E-state index < -0.39 is 5.97 Å². The Labute approximate surface area is 97.9 Å². The molecule has 0 spiro atoms. The number of carboxylic acids is 1. The lowest BCUT2D eigenvalue weighted by atomic mass is 10.3. The van der Waals surface area contributed by atoms with Crippen molar-refractivity contribution in [2.24, 2.45) is 0 Å². The SMILES string of the molecule is CCc1ncc(CNC(=S)C(=O)O)c(N)n1. The van der Waals surface area contributed by atoms with Gasteiger partial charge < -0.3 is 16.2 Å². The number of aliphatic carboxylic acids is 1. The van der Waals surface area contributed by atoms with E-state index in [1.807, 2.05) is 6.92 Å². The number of carboxylic acid groups (broad SMARTS) is 1. The standard InChI is InChI=1S/C9H12N4O2S/c1-2-6-11-3-5(7(10)13-6)4-12-8(16)9(14)15/h3H,2,4H2,1H3,(H,12,16)(H,14,15)(H2,10,11,13). The Balaban J connectivity index is 2.68. The van der Waals surface area contributed by atoms with Crippen molar-refractivity contribution in [2.45, 2.75) is 19.9 Å². The lowest BCUT2D eigenvalue weighted by Gasteiger charge is -2.07. The summed E-state index contributed by atoms with van der Waals surface area (Å²) in [5.74, 6) is -0.172. The van der Waals surface area contributed by atoms with Crippen LogP contribution in [0.2, 0.25) is 0 Å². The highest BCUT2D eigenvalue weighted by molar-refractivity contribution is 7.81. The third-order valence-electron chi connectivity index (χ3n) is 1.90. The van der Waals surface area contributed by atoms with E-state index in [4.69, 9.17) is 10.8 Å². The van der Waals surface area contributed by atoms with Gasteiger partial charge in [0.15, 0.2) is 4.99 Å². The van der Waals surface area contributed by atoms with Crippen molar-refractivity contribution in [3.8, 4) is 0 Å². The van der Waals surface area contributed by atoms with Gasteiger partial charge in [-0.25, -0.2) is 14.8 Å². The van der Waals surface area contributed by atoms with Crippen molar-refractivity contribution in [1.82, 2.24) is 15.3 Å². The molecule has 0 bridgehead atoms. The zero-order valence-corrected chi connectivity index (χ0v) is 9.54. The molecule has 1 rings (SSSR count). The fourth-order valence-electron chi connectivity index (χ4n) is 1.02. The minimum atomic E-state index is -1.17. The Bertz CT molecular complexity index is 422. The predicted octanol–water partition coefficient (Wildman–Crippen LogP) is 0.123. The highest BCUT2D eigenvalue weighted by Crippen LogP contribution is 2.07. The number of anilines is 1. The molecule has 4 N–H and O–H groups in total. The van der Waals surface area contributed by atoms with Gasteiger partial charge in [0.25, 0.3) is 0 Å². The normalized spacial score (nSPS) is 9.81. The second-order valence-electron chi connectivity index (χ2n) is 3.04. The summed E-state index contributed by atoms with van der Waals surface area (Å²) < 4.78 is 0. The van der Waals surface area contributed by atoms with Gasteiger partial charge in [-0.15, -0.1) is 0 Å². The minimum absolute atomic E-state index is 0.209. The topological polar surface area (TPSA) is 101 Å². The molecule has 86 valence electrons. The summed E-state index contributed by atoms with van der Waals surface area (Å²) in [6.45, 7) is 2.13. The molecule has 0 aliphatic rings. The lowest BCUT2D eigenvalue weighted by molar-refractivity contribution is -0.129. The molecule has 1 aromatic rings. The van der Waals surface area contributed by atoms with Crippen molar-refractivity contribution in [1.29, 1.82) is 0 Å². The van der Waals surface area contributed by atoms with Gasteiger partial charge in [-0.05, 0) is 0 Å². The predicted molar refractivity (Wildman–Crippen MR) is 62.9 cm³/mol. The van der Waals surface area contributed by atoms with Gasteiger partial charge in [0.2, 0.25) is 0 Å². The van der Waals surface area contributed by atoms with Crippen LogP contribution in [0.3, 0.4) is 0 Å². The van der Waals surface area contributed by atoms with E-state index >= 15 is 0 Å². The van der Waals surface area contributed by atoms with E-state index in [0.29, 0.717) is 23.6 Å². The van der Waals surface area contributed by atoms with Crippen LogP contribution in [0.25, 0.3) is 0 Å². The molecule has 16 heavy (non-hydrogen) atoms. The van der Waals surface area contributed by atoms with Crippen LogP contribution < -0.4 is 11.1 Å². The number of aromatic nitrogens is 2. The van der Waals surface area contributed by atoms with Gasteiger partial charge in [-0.3, -0.25) is 0 Å². The number of carbonyl (C=O) groups is 1. The molecular formula is C9H12N4O2S. The average molecular weight is 240 g/mol. The maximum atomic E-state index is 10.4. The van der Waals surface area contributed by atoms with Crippen molar-refractivity contribution in [3.63, 3.8) is 0 Å². The molecule has 0 saturated heterocycles. The van der Waals surface area contributed by atoms with Crippen molar-refractivity contribution < 1.29 is 9.90 Å². The molecule has 0 saturated carbocycles. The van der Waals surface area contributed by atoms with Crippen molar-refractivity contribution >= 4 is 29.0 Å². The number of aryl methyl sites for hydroxylation is 1. The van der Waals surface area contributed by atoms with Crippen LogP contribution in [-0.4, -0.2) is 26.0 Å². The molecule has 0 aliphatic carbocycles. The number of thiocarbonyl (C=S) groups is 1. The molecular weight excluding hydrogens is 228 g/mol. The maximum Gasteiger partial charge on any atom is 0.363 e. The second-order valence-corrected chi connectivity index (χ2v) is 3.45. The number of rotatable bonds is 3. The first-order chi connectivity index (χ1) is 7.54. The molecule has 1 heterocycles. The molecule has 0 atom stereocenters. The van der Waals surface area contributed by atoms with E-state index in [1.165, 1.54) is 0 Å². The van der Waals surface area contributed by atoms with E-state index in [2.05, 4.69) is 27.5 Å². The molecule has 0 unspecified atom stereocenters. The van der Waals surface area contributed by atoms with Crippen LogP contribution >= 0.6 is 12.2 Å². The number of nitrogens with one attached hydrogen (secondary N) is 1. The number of nitrogens with zero attached hydrogens (tertiary/aromatic N) is 2. The number of hydrogen-bond acceptors (Lipinski definition) is 5. The first kappa shape index (κ1) is 12.3. The summed E-state index contributed by atoms with van der Waals surface area (Å²) in [5, 5.41) is 11.1. The number of nitrogens with two attached hydrogens (primary N) is 1. The number of nitrogen functional groups attached to an aromatic ring is 1. The molecule has 6 nitrogen and oxygen atoms in total. The Morgan fingerprint density at radius 2 is 2.38 bits per heavy atom. The summed E-state index contributed by atoms with van der Waals surface area (Å²) in [4.78, 5) is 18.3. The third-order valence-corrected chi connectivity index (χ3v) is 2.22. The number of hydrogen-bond donors (Lipinski definition) is 3. The highest BCUT2D eigenvalue weighted by atomic mass is 32.1. The molecule has 0 aromatic carbocycles. The smallest absolute Gasteiger partial charge is 0.363 e. The summed E-state index contributed by atoms with van der Waals surface area (Å²) in [6.07, 6.45) is 2.27. The van der Waals surface area contributed by atoms with E-state index in [1.54, 1.807) is 6.20 Å². The monoisotopic (exact) mass is 240 g/mol. The first-order valence-corrected chi connectivity index (χ1v) is 5.06. The van der Waals surface area contributed by atoms with Gasteiger partial charge in [0.1, 0.15) is 11.6 Å².